The van der Waals surface area contributed by atoms with E-state index in [1.807, 2.05) is 0 Å². The number of unbranched alkanes of at least 4 members (excludes halogenated alkanes) is 3. The molecule has 0 saturated carbocycles. The molecule has 2 atom stereocenters. The summed E-state index contributed by atoms with van der Waals surface area (Å²) in [5.74, 6) is 0. The van der Waals surface area contributed by atoms with E-state index in [9.17, 15) is 0 Å². The zero-order valence-corrected chi connectivity index (χ0v) is 17.8. The number of hydrogen-bond donors (Lipinski definition) is 0. The molecule has 20 heavy (non-hydrogen) atoms. The molecule has 0 aromatic rings. The van der Waals surface area contributed by atoms with Crippen LogP contribution in [-0.4, -0.2) is 28.6 Å². The van der Waals surface area contributed by atoms with Gasteiger partial charge in [-0.15, -0.1) is 0 Å². The first-order valence-corrected chi connectivity index (χ1v) is 16.8. The second kappa shape index (κ2) is 8.41. The van der Waals surface area contributed by atoms with E-state index in [4.69, 9.17) is 4.74 Å². The van der Waals surface area contributed by atoms with Crippen LogP contribution in [0.2, 0.25) is 13.3 Å². The van der Waals surface area contributed by atoms with Gasteiger partial charge in [-0.2, -0.15) is 0 Å². The van der Waals surface area contributed by atoms with Crippen LogP contribution in [-0.2, 0) is 4.74 Å². The van der Waals surface area contributed by atoms with Gasteiger partial charge in [0, 0.05) is 0 Å². The molecule has 0 N–H and O–H groups in total. The van der Waals surface area contributed by atoms with Crippen LogP contribution in [0.3, 0.4) is 0 Å². The molecule has 120 valence electrons. The third kappa shape index (κ3) is 5.19. The van der Waals surface area contributed by atoms with E-state index in [2.05, 4.69) is 41.5 Å². The third-order valence-corrected chi connectivity index (χ3v) is 21.3. The topological polar surface area (TPSA) is 12.5 Å². The Bertz CT molecular complexity index is 247. The number of ether oxygens (including phenoxy) is 1. The minimum atomic E-state index is -2.09. The molecule has 0 amide bonds. The van der Waals surface area contributed by atoms with Gasteiger partial charge in [-0.1, -0.05) is 0 Å². The van der Waals surface area contributed by atoms with Gasteiger partial charge in [-0.3, -0.25) is 0 Å². The average molecular weight is 389 g/mol. The fourth-order valence-electron chi connectivity index (χ4n) is 3.62. The predicted molar refractivity (Wildman–Crippen MR) is 93.0 cm³/mol. The Hall–Kier alpha value is 0.759. The predicted octanol–water partition coefficient (Wildman–Crippen LogP) is 6.19. The van der Waals surface area contributed by atoms with E-state index in [0.29, 0.717) is 11.5 Å². The van der Waals surface area contributed by atoms with Gasteiger partial charge in [0.25, 0.3) is 0 Å². The first kappa shape index (κ1) is 18.8. The Morgan fingerprint density at radius 2 is 1.20 bits per heavy atom. The molecule has 0 radical (unpaired) electrons. The summed E-state index contributed by atoms with van der Waals surface area (Å²) in [6.07, 6.45) is 9.06. The summed E-state index contributed by atoms with van der Waals surface area (Å²) in [4.78, 5) is 0. The fraction of sp³-hybridized carbons (Fsp3) is 1.00. The maximum atomic E-state index is 6.33. The van der Waals surface area contributed by atoms with Gasteiger partial charge < -0.3 is 0 Å². The SMILES string of the molecule is CCC[CH2][Sn]([CH2]CCC)([CH2]CCC)[C@H]1O[C@@H]1C(C)(C)C. The van der Waals surface area contributed by atoms with Crippen molar-refractivity contribution in [2.45, 2.75) is 104 Å². The van der Waals surface area contributed by atoms with Crippen molar-refractivity contribution in [2.75, 3.05) is 0 Å². The van der Waals surface area contributed by atoms with Crippen LogP contribution >= 0.6 is 0 Å². The van der Waals surface area contributed by atoms with Crippen LogP contribution in [0.1, 0.15) is 80.1 Å². The Morgan fingerprint density at radius 3 is 1.45 bits per heavy atom. The Labute approximate surface area is 132 Å². The molecule has 1 aliphatic rings. The summed E-state index contributed by atoms with van der Waals surface area (Å²) in [7, 11) is 0. The van der Waals surface area contributed by atoms with Crippen LogP contribution in [0.15, 0.2) is 0 Å². The zero-order valence-electron chi connectivity index (χ0n) is 14.9. The molecular weight excluding hydrogens is 351 g/mol. The van der Waals surface area contributed by atoms with E-state index in [-0.39, 0.29) is 0 Å². The molecule has 1 nitrogen and oxygen atoms in total. The molecule has 0 aromatic carbocycles. The summed E-state index contributed by atoms with van der Waals surface area (Å²) >= 11 is -2.09. The molecule has 1 fully saturated rings. The maximum absolute atomic E-state index is 6.33. The molecule has 1 rings (SSSR count). The Morgan fingerprint density at radius 1 is 0.800 bits per heavy atom. The Balaban J connectivity index is 2.79. The summed E-state index contributed by atoms with van der Waals surface area (Å²) in [5, 5.41) is 0. The van der Waals surface area contributed by atoms with Gasteiger partial charge >= 0.3 is 132 Å². The van der Waals surface area contributed by atoms with E-state index in [1.54, 1.807) is 13.3 Å². The molecule has 0 bridgehead atoms. The van der Waals surface area contributed by atoms with Gasteiger partial charge in [0.2, 0.25) is 0 Å². The minimum absolute atomic E-state index is 0.359. The summed E-state index contributed by atoms with van der Waals surface area (Å²) in [6, 6.07) is 0. The molecule has 1 heterocycles. The molecule has 0 unspecified atom stereocenters. The van der Waals surface area contributed by atoms with Gasteiger partial charge in [-0.05, 0) is 0 Å². The molecule has 0 spiro atoms. The van der Waals surface area contributed by atoms with Crippen LogP contribution in [0.25, 0.3) is 0 Å². The quantitative estimate of drug-likeness (QED) is 0.321. The third-order valence-electron chi connectivity index (χ3n) is 5.03. The molecular formula is C18H38OSn. The number of hydrogen-bond acceptors (Lipinski definition) is 1. The summed E-state index contributed by atoms with van der Waals surface area (Å²) < 4.78 is 11.8. The van der Waals surface area contributed by atoms with Crippen LogP contribution in [0.5, 0.6) is 0 Å². The van der Waals surface area contributed by atoms with Crippen LogP contribution in [0.4, 0.5) is 0 Å². The standard InChI is InChI=1S/C6H11O.3C4H9.Sn/c1-6(2,3)5-4-7-5;3*1-3-4-2;/h4-5H,1-3H3;3*1,3-4H2,2H3;/t5-;;;;/m0..../s1. The van der Waals surface area contributed by atoms with E-state index in [1.165, 1.54) is 38.5 Å². The monoisotopic (exact) mass is 390 g/mol. The van der Waals surface area contributed by atoms with Crippen molar-refractivity contribution in [2.24, 2.45) is 5.41 Å². The van der Waals surface area contributed by atoms with E-state index in [0.717, 1.165) is 4.12 Å². The van der Waals surface area contributed by atoms with E-state index >= 15 is 0 Å². The van der Waals surface area contributed by atoms with Crippen LogP contribution < -0.4 is 0 Å². The van der Waals surface area contributed by atoms with Crippen molar-refractivity contribution >= 4 is 18.4 Å². The van der Waals surface area contributed by atoms with Crippen molar-refractivity contribution in [1.29, 1.82) is 0 Å². The molecule has 1 saturated heterocycles. The van der Waals surface area contributed by atoms with Crippen molar-refractivity contribution in [3.05, 3.63) is 0 Å². The molecule has 2 heteroatoms. The van der Waals surface area contributed by atoms with Gasteiger partial charge in [0.1, 0.15) is 0 Å². The molecule has 0 aliphatic carbocycles. The summed E-state index contributed by atoms with van der Waals surface area (Å²) in [6.45, 7) is 14.2. The van der Waals surface area contributed by atoms with E-state index < -0.39 is 18.4 Å². The first-order valence-electron chi connectivity index (χ1n) is 9.06. The average Bonchev–Trinajstić information content (AvgIpc) is 3.19. The first-order chi connectivity index (χ1) is 9.41. The van der Waals surface area contributed by atoms with Crippen LogP contribution in [0, 0.1) is 5.41 Å². The molecule has 0 aromatic heterocycles. The van der Waals surface area contributed by atoms with Crippen molar-refractivity contribution in [3.63, 3.8) is 0 Å². The second-order valence-electron chi connectivity index (χ2n) is 8.02. The fourth-order valence-corrected chi connectivity index (χ4v) is 21.8. The van der Waals surface area contributed by atoms with Crippen molar-refractivity contribution in [3.8, 4) is 0 Å². The number of epoxide rings is 1. The summed E-state index contributed by atoms with van der Waals surface area (Å²) in [5.41, 5.74) is 0.359. The van der Waals surface area contributed by atoms with Gasteiger partial charge in [0.15, 0.2) is 0 Å². The zero-order chi connectivity index (χ0) is 15.2. The van der Waals surface area contributed by atoms with Gasteiger partial charge in [-0.25, -0.2) is 0 Å². The van der Waals surface area contributed by atoms with Gasteiger partial charge in [0.05, 0.1) is 0 Å². The van der Waals surface area contributed by atoms with Crippen molar-refractivity contribution in [1.82, 2.24) is 0 Å². The number of rotatable bonds is 10. The normalized spacial score (nSPS) is 23.1. The van der Waals surface area contributed by atoms with Crippen molar-refractivity contribution < 1.29 is 4.74 Å². The molecule has 1 aliphatic heterocycles. The Kier molecular flexibility index (Phi) is 7.91. The second-order valence-corrected chi connectivity index (χ2v) is 21.7.